The van der Waals surface area contributed by atoms with Gasteiger partial charge in [0.15, 0.2) is 0 Å². The van der Waals surface area contributed by atoms with Crippen LogP contribution in [-0.2, 0) is 0 Å². The fraction of sp³-hybridized carbons (Fsp3) is 0.429. The number of thiophene rings is 1. The second-order valence-electron chi connectivity index (χ2n) is 2.40. The Balaban J connectivity index is 2.84. The van der Waals surface area contributed by atoms with Crippen molar-refractivity contribution in [3.63, 3.8) is 0 Å². The third kappa shape index (κ3) is 2.02. The molecule has 0 unspecified atom stereocenters. The van der Waals surface area contributed by atoms with E-state index in [4.69, 9.17) is 5.73 Å². The maximum absolute atomic E-state index is 9.18. The van der Waals surface area contributed by atoms with Gasteiger partial charge < -0.3 is 10.8 Å². The lowest BCUT2D eigenvalue weighted by Crippen LogP contribution is -2.22. The maximum Gasteiger partial charge on any atom is 0.0713 e. The molecule has 1 aromatic heterocycles. The first-order valence-corrected chi connectivity index (χ1v) is 4.96. The zero-order chi connectivity index (χ0) is 8.43. The summed E-state index contributed by atoms with van der Waals surface area (Å²) in [5, 5.41) is 11.1. The molecule has 0 amide bonds. The van der Waals surface area contributed by atoms with Crippen LogP contribution in [0.3, 0.4) is 0 Å². The van der Waals surface area contributed by atoms with Crippen molar-refractivity contribution >= 4 is 27.3 Å². The highest BCUT2D eigenvalue weighted by molar-refractivity contribution is 9.10. The van der Waals surface area contributed by atoms with Crippen LogP contribution >= 0.6 is 27.3 Å². The van der Waals surface area contributed by atoms with Crippen LogP contribution in [0.1, 0.15) is 17.8 Å². The molecule has 0 saturated carbocycles. The molecule has 0 bridgehead atoms. The smallest absolute Gasteiger partial charge is 0.0713 e. The second kappa shape index (κ2) is 3.67. The van der Waals surface area contributed by atoms with E-state index >= 15 is 0 Å². The van der Waals surface area contributed by atoms with Crippen LogP contribution in [0.5, 0.6) is 0 Å². The molecule has 0 radical (unpaired) electrons. The second-order valence-corrected chi connectivity index (χ2v) is 4.20. The van der Waals surface area contributed by atoms with Crippen LogP contribution in [0.4, 0.5) is 0 Å². The van der Waals surface area contributed by atoms with E-state index in [-0.39, 0.29) is 6.04 Å². The Labute approximate surface area is 78.2 Å². The third-order valence-electron chi connectivity index (χ3n) is 1.47. The SMILES string of the molecule is C[C@@H](O)[C@H](N)c1sccc1Br. The average Bonchev–Trinajstić information content (AvgIpc) is 2.33. The third-order valence-corrected chi connectivity index (χ3v) is 3.44. The molecule has 3 N–H and O–H groups in total. The Morgan fingerprint density at radius 1 is 1.73 bits per heavy atom. The quantitative estimate of drug-likeness (QED) is 0.823. The molecule has 11 heavy (non-hydrogen) atoms. The summed E-state index contributed by atoms with van der Waals surface area (Å²) >= 11 is 4.91. The largest absolute Gasteiger partial charge is 0.391 e. The van der Waals surface area contributed by atoms with Crippen LogP contribution in [0.2, 0.25) is 0 Å². The summed E-state index contributed by atoms with van der Waals surface area (Å²) in [6.45, 7) is 1.69. The van der Waals surface area contributed by atoms with E-state index in [0.717, 1.165) is 9.35 Å². The highest BCUT2D eigenvalue weighted by Gasteiger charge is 2.15. The Bertz CT molecular complexity index is 236. The lowest BCUT2D eigenvalue weighted by Gasteiger charge is -2.12. The van der Waals surface area contributed by atoms with Gasteiger partial charge in [-0.15, -0.1) is 11.3 Å². The first-order chi connectivity index (χ1) is 5.13. The molecule has 0 fully saturated rings. The van der Waals surface area contributed by atoms with E-state index in [1.54, 1.807) is 18.3 Å². The predicted molar refractivity (Wildman–Crippen MR) is 50.6 cm³/mol. The summed E-state index contributed by atoms with van der Waals surface area (Å²) in [5.74, 6) is 0. The molecule has 1 aromatic rings. The van der Waals surface area contributed by atoms with E-state index < -0.39 is 6.10 Å². The number of rotatable bonds is 2. The Morgan fingerprint density at radius 3 is 2.73 bits per heavy atom. The summed E-state index contributed by atoms with van der Waals surface area (Å²) in [6.07, 6.45) is -0.495. The van der Waals surface area contributed by atoms with Crippen molar-refractivity contribution in [1.82, 2.24) is 0 Å². The lowest BCUT2D eigenvalue weighted by atomic mass is 10.2. The molecular formula is C7H10BrNOS. The summed E-state index contributed by atoms with van der Waals surface area (Å²) in [6, 6.07) is 1.66. The van der Waals surface area contributed by atoms with Gasteiger partial charge in [0.2, 0.25) is 0 Å². The topological polar surface area (TPSA) is 46.2 Å². The highest BCUT2D eigenvalue weighted by Crippen LogP contribution is 2.29. The minimum atomic E-state index is -0.495. The van der Waals surface area contributed by atoms with E-state index in [9.17, 15) is 5.11 Å². The molecule has 0 aliphatic rings. The van der Waals surface area contributed by atoms with Gasteiger partial charge in [-0.1, -0.05) is 0 Å². The van der Waals surface area contributed by atoms with Crippen molar-refractivity contribution in [2.24, 2.45) is 5.73 Å². The Kier molecular flexibility index (Phi) is 3.06. The van der Waals surface area contributed by atoms with Gasteiger partial charge in [0.05, 0.1) is 12.1 Å². The van der Waals surface area contributed by atoms with E-state index in [0.29, 0.717) is 0 Å². The molecule has 0 aromatic carbocycles. The monoisotopic (exact) mass is 235 g/mol. The number of hydrogen-bond acceptors (Lipinski definition) is 3. The average molecular weight is 236 g/mol. The summed E-state index contributed by atoms with van der Waals surface area (Å²) in [7, 11) is 0. The normalized spacial score (nSPS) is 16.4. The van der Waals surface area contributed by atoms with Crippen LogP contribution in [0, 0.1) is 0 Å². The van der Waals surface area contributed by atoms with Crippen LogP contribution in [-0.4, -0.2) is 11.2 Å². The number of halogens is 1. The van der Waals surface area contributed by atoms with Gasteiger partial charge in [-0.3, -0.25) is 0 Å². The Morgan fingerprint density at radius 2 is 2.36 bits per heavy atom. The molecule has 1 rings (SSSR count). The molecule has 62 valence electrons. The fourth-order valence-electron chi connectivity index (χ4n) is 0.762. The predicted octanol–water partition coefficient (Wildman–Crippen LogP) is 1.89. The molecule has 4 heteroatoms. The van der Waals surface area contributed by atoms with Crippen molar-refractivity contribution in [3.8, 4) is 0 Å². The van der Waals surface area contributed by atoms with Gasteiger partial charge in [-0.2, -0.15) is 0 Å². The molecule has 0 saturated heterocycles. The van der Waals surface area contributed by atoms with Gasteiger partial charge in [0.1, 0.15) is 0 Å². The van der Waals surface area contributed by atoms with E-state index in [2.05, 4.69) is 15.9 Å². The zero-order valence-electron chi connectivity index (χ0n) is 6.12. The van der Waals surface area contributed by atoms with Gasteiger partial charge >= 0.3 is 0 Å². The van der Waals surface area contributed by atoms with Crippen molar-refractivity contribution in [1.29, 1.82) is 0 Å². The van der Waals surface area contributed by atoms with Crippen LogP contribution in [0.25, 0.3) is 0 Å². The number of nitrogens with two attached hydrogens (primary N) is 1. The molecule has 2 nitrogen and oxygen atoms in total. The number of aliphatic hydroxyl groups excluding tert-OH is 1. The standard InChI is InChI=1S/C7H10BrNOS/c1-4(10)6(9)7-5(8)2-3-11-7/h2-4,6,10H,9H2,1H3/t4-,6+/m1/s1. The van der Waals surface area contributed by atoms with Crippen molar-refractivity contribution in [2.45, 2.75) is 19.1 Å². The van der Waals surface area contributed by atoms with Gasteiger partial charge in [-0.05, 0) is 34.3 Å². The van der Waals surface area contributed by atoms with Crippen LogP contribution < -0.4 is 5.73 Å². The molecule has 1 heterocycles. The fourth-order valence-corrected chi connectivity index (χ4v) is 2.50. The summed E-state index contributed by atoms with van der Waals surface area (Å²) < 4.78 is 0.982. The van der Waals surface area contributed by atoms with Crippen molar-refractivity contribution in [3.05, 3.63) is 20.8 Å². The van der Waals surface area contributed by atoms with E-state index in [1.165, 1.54) is 0 Å². The summed E-state index contributed by atoms with van der Waals surface area (Å²) in [4.78, 5) is 1.00. The van der Waals surface area contributed by atoms with Gasteiger partial charge in [0, 0.05) is 9.35 Å². The zero-order valence-corrected chi connectivity index (χ0v) is 8.52. The van der Waals surface area contributed by atoms with E-state index in [1.807, 2.05) is 11.4 Å². The minimum absolute atomic E-state index is 0.274. The van der Waals surface area contributed by atoms with Crippen LogP contribution in [0.15, 0.2) is 15.9 Å². The van der Waals surface area contributed by atoms with Gasteiger partial charge in [0.25, 0.3) is 0 Å². The van der Waals surface area contributed by atoms with Crippen molar-refractivity contribution < 1.29 is 5.11 Å². The summed E-state index contributed by atoms with van der Waals surface area (Å²) in [5.41, 5.74) is 5.71. The molecule has 2 atom stereocenters. The molecule has 0 aliphatic carbocycles. The number of aliphatic hydroxyl groups is 1. The minimum Gasteiger partial charge on any atom is -0.391 e. The Hall–Kier alpha value is 0.100. The number of hydrogen-bond donors (Lipinski definition) is 2. The molecule has 0 aliphatic heterocycles. The highest BCUT2D eigenvalue weighted by atomic mass is 79.9. The molecular weight excluding hydrogens is 226 g/mol. The van der Waals surface area contributed by atoms with Gasteiger partial charge in [-0.25, -0.2) is 0 Å². The molecule has 0 spiro atoms. The van der Waals surface area contributed by atoms with Crippen molar-refractivity contribution in [2.75, 3.05) is 0 Å². The lowest BCUT2D eigenvalue weighted by molar-refractivity contribution is 0.165. The first-order valence-electron chi connectivity index (χ1n) is 3.29. The first kappa shape index (κ1) is 9.19. The maximum atomic E-state index is 9.18.